The Hall–Kier alpha value is -3.07. The fourth-order valence-electron chi connectivity index (χ4n) is 3.18. The molecule has 0 bridgehead atoms. The smallest absolute Gasteiger partial charge is 0.264 e. The number of nitrogens with zero attached hydrogens (tertiary/aromatic N) is 1. The third kappa shape index (κ3) is 6.97. The van der Waals surface area contributed by atoms with Crippen LogP contribution in [0.5, 0.6) is 0 Å². The molecular formula is C25H25Cl2N3O4S. The first-order valence-electron chi connectivity index (χ1n) is 10.8. The normalized spacial score (nSPS) is 11.2. The number of hydrogen-bond acceptors (Lipinski definition) is 4. The van der Waals surface area contributed by atoms with Crippen molar-refractivity contribution in [2.45, 2.75) is 18.7 Å². The molecule has 2 amide bonds. The molecule has 0 aliphatic heterocycles. The number of amides is 2. The Morgan fingerprint density at radius 1 is 0.914 bits per heavy atom. The number of nitrogens with one attached hydrogen (secondary N) is 2. The summed E-state index contributed by atoms with van der Waals surface area (Å²) in [5.41, 5.74) is 0.760. The van der Waals surface area contributed by atoms with Crippen LogP contribution in [0, 0.1) is 5.92 Å². The second-order valence-electron chi connectivity index (χ2n) is 8.14. The van der Waals surface area contributed by atoms with Crippen molar-refractivity contribution in [1.29, 1.82) is 0 Å². The summed E-state index contributed by atoms with van der Waals surface area (Å²) in [7, 11) is -4.14. The van der Waals surface area contributed by atoms with Crippen LogP contribution in [0.15, 0.2) is 77.7 Å². The first-order chi connectivity index (χ1) is 16.6. The van der Waals surface area contributed by atoms with E-state index in [1.165, 1.54) is 30.3 Å². The molecule has 0 spiro atoms. The SMILES string of the molecule is CC(C)CNC(=O)c1ccccc1NC(=O)CN(c1cccc(Cl)c1)S(=O)(=O)c1ccc(Cl)cc1. The van der Waals surface area contributed by atoms with Crippen LogP contribution in [0.3, 0.4) is 0 Å². The van der Waals surface area contributed by atoms with Gasteiger partial charge in [-0.05, 0) is 60.5 Å². The van der Waals surface area contributed by atoms with Crippen LogP contribution >= 0.6 is 23.2 Å². The maximum Gasteiger partial charge on any atom is 0.264 e. The lowest BCUT2D eigenvalue weighted by atomic mass is 10.1. The van der Waals surface area contributed by atoms with E-state index in [2.05, 4.69) is 10.6 Å². The highest BCUT2D eigenvalue weighted by Gasteiger charge is 2.28. The number of benzene rings is 3. The summed E-state index contributed by atoms with van der Waals surface area (Å²) in [6.45, 7) is 3.87. The zero-order valence-electron chi connectivity index (χ0n) is 19.2. The predicted molar refractivity (Wildman–Crippen MR) is 140 cm³/mol. The molecule has 0 saturated carbocycles. The van der Waals surface area contributed by atoms with Gasteiger partial charge in [0, 0.05) is 16.6 Å². The van der Waals surface area contributed by atoms with Crippen molar-refractivity contribution >= 4 is 56.4 Å². The van der Waals surface area contributed by atoms with Crippen molar-refractivity contribution < 1.29 is 18.0 Å². The molecule has 7 nitrogen and oxygen atoms in total. The van der Waals surface area contributed by atoms with Crippen molar-refractivity contribution in [2.75, 3.05) is 22.7 Å². The average molecular weight is 534 g/mol. The second-order valence-corrected chi connectivity index (χ2v) is 10.9. The number of sulfonamides is 1. The van der Waals surface area contributed by atoms with E-state index in [0.717, 1.165) is 4.31 Å². The minimum atomic E-state index is -4.14. The van der Waals surface area contributed by atoms with Gasteiger partial charge in [0.1, 0.15) is 6.54 Å². The highest BCUT2D eigenvalue weighted by atomic mass is 35.5. The summed E-state index contributed by atoms with van der Waals surface area (Å²) in [6.07, 6.45) is 0. The summed E-state index contributed by atoms with van der Waals surface area (Å²) >= 11 is 12.0. The van der Waals surface area contributed by atoms with Gasteiger partial charge >= 0.3 is 0 Å². The van der Waals surface area contributed by atoms with E-state index < -0.39 is 22.5 Å². The van der Waals surface area contributed by atoms with E-state index in [4.69, 9.17) is 23.2 Å². The topological polar surface area (TPSA) is 95.6 Å². The van der Waals surface area contributed by atoms with Crippen LogP contribution in [0.1, 0.15) is 24.2 Å². The molecule has 35 heavy (non-hydrogen) atoms. The van der Waals surface area contributed by atoms with Gasteiger partial charge in [0.25, 0.3) is 15.9 Å². The van der Waals surface area contributed by atoms with Crippen LogP contribution in [0.2, 0.25) is 10.0 Å². The molecule has 10 heteroatoms. The van der Waals surface area contributed by atoms with Gasteiger partial charge in [-0.3, -0.25) is 13.9 Å². The fourth-order valence-corrected chi connectivity index (χ4v) is 4.91. The van der Waals surface area contributed by atoms with E-state index in [9.17, 15) is 18.0 Å². The predicted octanol–water partition coefficient (Wildman–Crippen LogP) is 5.21. The Morgan fingerprint density at radius 2 is 1.60 bits per heavy atom. The molecule has 3 aromatic carbocycles. The maximum atomic E-state index is 13.5. The van der Waals surface area contributed by atoms with Gasteiger partial charge in [-0.25, -0.2) is 8.42 Å². The van der Waals surface area contributed by atoms with Gasteiger partial charge < -0.3 is 10.6 Å². The second kappa shape index (κ2) is 11.6. The highest BCUT2D eigenvalue weighted by molar-refractivity contribution is 7.92. The van der Waals surface area contributed by atoms with Crippen molar-refractivity contribution in [1.82, 2.24) is 5.32 Å². The first kappa shape index (κ1) is 26.5. The van der Waals surface area contributed by atoms with Gasteiger partial charge in [-0.15, -0.1) is 0 Å². The van der Waals surface area contributed by atoms with Crippen LogP contribution in [-0.4, -0.2) is 33.3 Å². The van der Waals surface area contributed by atoms with Gasteiger partial charge in [-0.1, -0.05) is 55.2 Å². The van der Waals surface area contributed by atoms with E-state index in [0.29, 0.717) is 16.6 Å². The number of para-hydroxylation sites is 1. The number of anilines is 2. The van der Waals surface area contributed by atoms with Crippen LogP contribution in [-0.2, 0) is 14.8 Å². The molecule has 0 heterocycles. The molecule has 0 aliphatic carbocycles. The summed E-state index contributed by atoms with van der Waals surface area (Å²) in [5.74, 6) is -0.716. The van der Waals surface area contributed by atoms with E-state index in [-0.39, 0.29) is 33.7 Å². The number of rotatable bonds is 9. The molecule has 0 aliphatic rings. The standard InChI is InChI=1S/C25H25Cl2N3O4S/c1-17(2)15-28-25(32)22-8-3-4-9-23(22)29-24(31)16-30(20-7-5-6-19(27)14-20)35(33,34)21-12-10-18(26)11-13-21/h3-14,17H,15-16H2,1-2H3,(H,28,32)(H,29,31). The molecule has 3 rings (SSSR count). The first-order valence-corrected chi connectivity index (χ1v) is 13.0. The Bertz CT molecular complexity index is 1310. The lowest BCUT2D eigenvalue weighted by Crippen LogP contribution is -2.38. The number of hydrogen-bond donors (Lipinski definition) is 2. The lowest BCUT2D eigenvalue weighted by molar-refractivity contribution is -0.114. The van der Waals surface area contributed by atoms with Crippen molar-refractivity contribution in [3.63, 3.8) is 0 Å². The fraction of sp³-hybridized carbons (Fsp3) is 0.200. The maximum absolute atomic E-state index is 13.5. The van der Waals surface area contributed by atoms with Crippen LogP contribution in [0.4, 0.5) is 11.4 Å². The van der Waals surface area contributed by atoms with Gasteiger partial charge in [0.15, 0.2) is 0 Å². The lowest BCUT2D eigenvalue weighted by Gasteiger charge is -2.24. The quantitative estimate of drug-likeness (QED) is 0.394. The van der Waals surface area contributed by atoms with Gasteiger partial charge in [0.2, 0.25) is 5.91 Å². The number of carbonyl (C=O) groups is 2. The number of carbonyl (C=O) groups excluding carboxylic acids is 2. The van der Waals surface area contributed by atoms with Gasteiger partial charge in [0.05, 0.1) is 21.8 Å². The molecule has 0 aromatic heterocycles. The Kier molecular flexibility index (Phi) is 8.77. The molecule has 3 aromatic rings. The van der Waals surface area contributed by atoms with Gasteiger partial charge in [-0.2, -0.15) is 0 Å². The largest absolute Gasteiger partial charge is 0.352 e. The minimum absolute atomic E-state index is 0.0388. The number of halogens is 2. The Labute approximate surface area is 215 Å². The van der Waals surface area contributed by atoms with E-state index in [1.54, 1.807) is 42.5 Å². The van der Waals surface area contributed by atoms with Crippen molar-refractivity contribution in [2.24, 2.45) is 5.92 Å². The zero-order valence-corrected chi connectivity index (χ0v) is 21.5. The molecule has 0 atom stereocenters. The van der Waals surface area contributed by atoms with Crippen molar-refractivity contribution in [3.8, 4) is 0 Å². The molecule has 0 unspecified atom stereocenters. The minimum Gasteiger partial charge on any atom is -0.352 e. The van der Waals surface area contributed by atoms with E-state index >= 15 is 0 Å². The third-order valence-electron chi connectivity index (χ3n) is 4.90. The average Bonchev–Trinajstić information content (AvgIpc) is 2.81. The monoisotopic (exact) mass is 533 g/mol. The molecule has 0 radical (unpaired) electrons. The molecule has 184 valence electrons. The zero-order chi connectivity index (χ0) is 25.6. The Morgan fingerprint density at radius 3 is 2.26 bits per heavy atom. The molecule has 2 N–H and O–H groups in total. The third-order valence-corrected chi connectivity index (χ3v) is 7.18. The molecule has 0 fully saturated rings. The van der Waals surface area contributed by atoms with Crippen LogP contribution < -0.4 is 14.9 Å². The summed E-state index contributed by atoms with van der Waals surface area (Å²) < 4.78 is 27.9. The van der Waals surface area contributed by atoms with Crippen molar-refractivity contribution in [3.05, 3.63) is 88.4 Å². The highest BCUT2D eigenvalue weighted by Crippen LogP contribution is 2.27. The van der Waals surface area contributed by atoms with E-state index in [1.807, 2.05) is 13.8 Å². The summed E-state index contributed by atoms with van der Waals surface area (Å²) in [4.78, 5) is 25.6. The molecule has 0 saturated heterocycles. The summed E-state index contributed by atoms with van der Waals surface area (Å²) in [5, 5.41) is 6.17. The molecular weight excluding hydrogens is 509 g/mol. The Balaban J connectivity index is 1.90. The summed E-state index contributed by atoms with van der Waals surface area (Å²) in [6, 6.07) is 18.4. The van der Waals surface area contributed by atoms with Crippen LogP contribution in [0.25, 0.3) is 0 Å².